The molecule has 0 unspecified atom stereocenters. The van der Waals surface area contributed by atoms with Crippen molar-refractivity contribution in [1.82, 2.24) is 4.98 Å². The van der Waals surface area contributed by atoms with E-state index in [-0.39, 0.29) is 0 Å². The van der Waals surface area contributed by atoms with Gasteiger partial charge in [-0.25, -0.2) is 0 Å². The number of pyridine rings is 1. The summed E-state index contributed by atoms with van der Waals surface area (Å²) in [6.45, 7) is 13.6. The van der Waals surface area contributed by atoms with Crippen LogP contribution < -0.4 is 5.73 Å². The summed E-state index contributed by atoms with van der Waals surface area (Å²) in [5.41, 5.74) is 9.66. The SMILES string of the molecule is C=C(C)CCc1ccc2ncccc2c1.C=C(N)C(C)C. The number of hydrogen-bond acceptors (Lipinski definition) is 2. The molecule has 2 heteroatoms. The van der Waals surface area contributed by atoms with Crippen molar-refractivity contribution in [2.24, 2.45) is 11.7 Å². The lowest BCUT2D eigenvalue weighted by Gasteiger charge is -2.02. The third kappa shape index (κ3) is 6.26. The highest BCUT2D eigenvalue weighted by Gasteiger charge is 1.97. The largest absolute Gasteiger partial charge is 0.402 e. The highest BCUT2D eigenvalue weighted by atomic mass is 14.6. The molecule has 0 saturated carbocycles. The Morgan fingerprint density at radius 2 is 1.90 bits per heavy atom. The average Bonchev–Trinajstić information content (AvgIpc) is 2.45. The van der Waals surface area contributed by atoms with Gasteiger partial charge in [-0.2, -0.15) is 0 Å². The van der Waals surface area contributed by atoms with Crippen LogP contribution in [0.2, 0.25) is 0 Å². The number of nitrogens with zero attached hydrogens (tertiary/aromatic N) is 1. The Balaban J connectivity index is 0.000000315. The van der Waals surface area contributed by atoms with Crippen molar-refractivity contribution in [2.45, 2.75) is 33.6 Å². The van der Waals surface area contributed by atoms with Crippen LogP contribution in [0.3, 0.4) is 0 Å². The highest BCUT2D eigenvalue weighted by Crippen LogP contribution is 2.15. The fourth-order valence-electron chi connectivity index (χ4n) is 1.64. The number of aryl methyl sites for hydroxylation is 1. The monoisotopic (exact) mass is 282 g/mol. The van der Waals surface area contributed by atoms with Crippen LogP contribution in [0.1, 0.15) is 32.8 Å². The smallest absolute Gasteiger partial charge is 0.0702 e. The predicted molar refractivity (Wildman–Crippen MR) is 93.0 cm³/mol. The van der Waals surface area contributed by atoms with Crippen molar-refractivity contribution in [3.63, 3.8) is 0 Å². The maximum atomic E-state index is 5.24. The molecule has 1 aromatic carbocycles. The van der Waals surface area contributed by atoms with Crippen molar-refractivity contribution in [3.8, 4) is 0 Å². The maximum Gasteiger partial charge on any atom is 0.0702 e. The van der Waals surface area contributed by atoms with Gasteiger partial charge in [0.05, 0.1) is 5.52 Å². The molecule has 1 heterocycles. The van der Waals surface area contributed by atoms with Gasteiger partial charge in [0.1, 0.15) is 0 Å². The minimum Gasteiger partial charge on any atom is -0.402 e. The summed E-state index contributed by atoms with van der Waals surface area (Å²) in [5.74, 6) is 0.435. The Kier molecular flexibility index (Phi) is 6.67. The summed E-state index contributed by atoms with van der Waals surface area (Å²) in [6, 6.07) is 10.5. The zero-order valence-corrected chi connectivity index (χ0v) is 13.4. The van der Waals surface area contributed by atoms with E-state index in [0.717, 1.165) is 24.1 Å². The van der Waals surface area contributed by atoms with E-state index in [2.05, 4.69) is 49.3 Å². The van der Waals surface area contributed by atoms with E-state index < -0.39 is 0 Å². The van der Waals surface area contributed by atoms with Crippen LogP contribution in [0, 0.1) is 5.92 Å². The fourth-order valence-corrected chi connectivity index (χ4v) is 1.64. The first kappa shape index (κ1) is 17.0. The van der Waals surface area contributed by atoms with Crippen molar-refractivity contribution in [3.05, 3.63) is 66.5 Å². The van der Waals surface area contributed by atoms with Crippen LogP contribution in [-0.2, 0) is 6.42 Å². The van der Waals surface area contributed by atoms with Gasteiger partial charge in [0.15, 0.2) is 0 Å². The number of allylic oxidation sites excluding steroid dienone is 2. The number of aromatic nitrogens is 1. The predicted octanol–water partition coefficient (Wildman–Crippen LogP) is 4.86. The molecule has 21 heavy (non-hydrogen) atoms. The molecule has 0 aliphatic rings. The van der Waals surface area contributed by atoms with Gasteiger partial charge in [0.2, 0.25) is 0 Å². The van der Waals surface area contributed by atoms with Gasteiger partial charge in [0, 0.05) is 17.3 Å². The van der Waals surface area contributed by atoms with Gasteiger partial charge < -0.3 is 5.73 Å². The molecular formula is C19H26N2. The van der Waals surface area contributed by atoms with E-state index in [4.69, 9.17) is 5.73 Å². The van der Waals surface area contributed by atoms with Crippen LogP contribution >= 0.6 is 0 Å². The summed E-state index contributed by atoms with van der Waals surface area (Å²) < 4.78 is 0. The van der Waals surface area contributed by atoms with Crippen LogP contribution in [0.25, 0.3) is 10.9 Å². The number of nitrogens with two attached hydrogens (primary N) is 1. The van der Waals surface area contributed by atoms with Crippen molar-refractivity contribution < 1.29 is 0 Å². The van der Waals surface area contributed by atoms with Gasteiger partial charge >= 0.3 is 0 Å². The summed E-state index contributed by atoms with van der Waals surface area (Å²) in [7, 11) is 0. The summed E-state index contributed by atoms with van der Waals surface area (Å²) in [5, 5.41) is 1.22. The lowest BCUT2D eigenvalue weighted by atomic mass is 10.0. The molecule has 2 rings (SSSR count). The second kappa shape index (κ2) is 8.25. The normalized spacial score (nSPS) is 10.1. The van der Waals surface area contributed by atoms with Gasteiger partial charge in [-0.15, -0.1) is 6.58 Å². The minimum atomic E-state index is 0.435. The van der Waals surface area contributed by atoms with Gasteiger partial charge in [-0.1, -0.05) is 38.1 Å². The number of benzene rings is 1. The topological polar surface area (TPSA) is 38.9 Å². The zero-order chi connectivity index (χ0) is 15.8. The average molecular weight is 282 g/mol. The molecule has 0 amide bonds. The fraction of sp³-hybridized carbons (Fsp3) is 0.316. The van der Waals surface area contributed by atoms with Crippen LogP contribution in [0.4, 0.5) is 0 Å². The molecule has 0 radical (unpaired) electrons. The second-order valence-corrected chi connectivity index (χ2v) is 5.72. The molecular weight excluding hydrogens is 256 g/mol. The Labute approximate surface area is 128 Å². The Hall–Kier alpha value is -2.09. The maximum absolute atomic E-state index is 5.24. The standard InChI is InChI=1S/C14H15N.C5H11N/c1-11(2)5-6-12-7-8-14-13(10-12)4-3-9-15-14;1-4(2)5(3)6/h3-4,7-10H,1,5-6H2,2H3;4H,3,6H2,1-2H3. The molecule has 0 aliphatic carbocycles. The molecule has 2 nitrogen and oxygen atoms in total. The summed E-state index contributed by atoms with van der Waals surface area (Å²) in [4.78, 5) is 4.30. The third-order valence-corrected chi connectivity index (χ3v) is 3.25. The van der Waals surface area contributed by atoms with E-state index in [9.17, 15) is 0 Å². The number of hydrogen-bond donors (Lipinski definition) is 1. The van der Waals surface area contributed by atoms with Gasteiger partial charge in [-0.05, 0) is 49.4 Å². The zero-order valence-electron chi connectivity index (χ0n) is 13.4. The van der Waals surface area contributed by atoms with Crippen molar-refractivity contribution in [2.75, 3.05) is 0 Å². The number of rotatable bonds is 4. The quantitative estimate of drug-likeness (QED) is 0.813. The first-order valence-corrected chi connectivity index (χ1v) is 7.32. The van der Waals surface area contributed by atoms with E-state index >= 15 is 0 Å². The van der Waals surface area contributed by atoms with Crippen molar-refractivity contribution >= 4 is 10.9 Å². The molecule has 112 valence electrons. The molecule has 0 bridgehead atoms. The lowest BCUT2D eigenvalue weighted by Crippen LogP contribution is -2.01. The molecule has 0 spiro atoms. The molecule has 0 atom stereocenters. The minimum absolute atomic E-state index is 0.435. The van der Waals surface area contributed by atoms with E-state index in [0.29, 0.717) is 5.92 Å². The van der Waals surface area contributed by atoms with Gasteiger partial charge in [0.25, 0.3) is 0 Å². The molecule has 0 saturated heterocycles. The molecule has 1 aromatic heterocycles. The van der Waals surface area contributed by atoms with E-state index in [1.54, 1.807) is 0 Å². The van der Waals surface area contributed by atoms with E-state index in [1.165, 1.54) is 16.5 Å². The Morgan fingerprint density at radius 1 is 1.24 bits per heavy atom. The van der Waals surface area contributed by atoms with E-state index in [1.807, 2.05) is 26.1 Å². The Morgan fingerprint density at radius 3 is 2.48 bits per heavy atom. The summed E-state index contributed by atoms with van der Waals surface area (Å²) >= 11 is 0. The van der Waals surface area contributed by atoms with Crippen LogP contribution in [-0.4, -0.2) is 4.98 Å². The molecule has 2 N–H and O–H groups in total. The molecule has 0 fully saturated rings. The molecule has 0 aliphatic heterocycles. The number of fused-ring (bicyclic) bond motifs is 1. The Bertz CT molecular complexity index is 612. The first-order chi connectivity index (χ1) is 9.90. The van der Waals surface area contributed by atoms with Gasteiger partial charge in [-0.3, -0.25) is 4.98 Å². The van der Waals surface area contributed by atoms with Crippen LogP contribution in [0.5, 0.6) is 0 Å². The lowest BCUT2D eigenvalue weighted by molar-refractivity contribution is 0.761. The van der Waals surface area contributed by atoms with Crippen molar-refractivity contribution in [1.29, 1.82) is 0 Å². The molecule has 2 aromatic rings. The third-order valence-electron chi connectivity index (χ3n) is 3.25. The highest BCUT2D eigenvalue weighted by molar-refractivity contribution is 5.78. The van der Waals surface area contributed by atoms with Crippen LogP contribution in [0.15, 0.2) is 61.0 Å². The summed E-state index contributed by atoms with van der Waals surface area (Å²) in [6.07, 6.45) is 3.96. The second-order valence-electron chi connectivity index (χ2n) is 5.72. The first-order valence-electron chi connectivity index (χ1n) is 7.32.